The SMILES string of the molecule is CNC(C)c1cccc(F)c1-n1nc(C)c(Cl)c1C. The summed E-state index contributed by atoms with van der Waals surface area (Å²) >= 11 is 6.14. The van der Waals surface area contributed by atoms with Crippen LogP contribution in [-0.2, 0) is 0 Å². The predicted octanol–water partition coefficient (Wildman–Crippen LogP) is 3.56. The Labute approximate surface area is 117 Å². The van der Waals surface area contributed by atoms with Crippen LogP contribution in [0.15, 0.2) is 18.2 Å². The highest BCUT2D eigenvalue weighted by Gasteiger charge is 2.19. The summed E-state index contributed by atoms with van der Waals surface area (Å²) in [7, 11) is 1.84. The highest BCUT2D eigenvalue weighted by Crippen LogP contribution is 2.28. The number of aryl methyl sites for hydroxylation is 1. The molecule has 0 saturated heterocycles. The molecule has 19 heavy (non-hydrogen) atoms. The van der Waals surface area contributed by atoms with Crippen LogP contribution in [0.3, 0.4) is 0 Å². The van der Waals surface area contributed by atoms with Crippen molar-refractivity contribution in [1.29, 1.82) is 0 Å². The predicted molar refractivity (Wildman–Crippen MR) is 75.5 cm³/mol. The van der Waals surface area contributed by atoms with E-state index in [0.29, 0.717) is 16.4 Å². The molecule has 0 radical (unpaired) electrons. The molecule has 1 aromatic carbocycles. The fourth-order valence-corrected chi connectivity index (χ4v) is 2.22. The number of rotatable bonds is 3. The monoisotopic (exact) mass is 281 g/mol. The minimum atomic E-state index is -0.304. The molecule has 3 nitrogen and oxygen atoms in total. The van der Waals surface area contributed by atoms with Gasteiger partial charge in [0, 0.05) is 6.04 Å². The molecule has 2 aromatic rings. The van der Waals surface area contributed by atoms with Crippen LogP contribution in [0.1, 0.15) is 29.9 Å². The molecule has 1 N–H and O–H groups in total. The number of aromatic nitrogens is 2. The fraction of sp³-hybridized carbons (Fsp3) is 0.357. The third-order valence-corrected chi connectivity index (χ3v) is 3.88. The van der Waals surface area contributed by atoms with Gasteiger partial charge in [-0.2, -0.15) is 5.10 Å². The standard InChI is InChI=1S/C14H17ClFN3/c1-8(17-4)11-6-5-7-12(16)14(11)19-10(3)13(15)9(2)18-19/h5-8,17H,1-4H3. The van der Waals surface area contributed by atoms with Gasteiger partial charge in [-0.05, 0) is 39.4 Å². The maximum atomic E-state index is 14.2. The van der Waals surface area contributed by atoms with E-state index >= 15 is 0 Å². The average molecular weight is 282 g/mol. The average Bonchev–Trinajstić information content (AvgIpc) is 2.65. The molecule has 1 unspecified atom stereocenters. The van der Waals surface area contributed by atoms with Crippen LogP contribution in [0.2, 0.25) is 5.02 Å². The van der Waals surface area contributed by atoms with Gasteiger partial charge in [0.15, 0.2) is 0 Å². The molecule has 5 heteroatoms. The van der Waals surface area contributed by atoms with E-state index in [2.05, 4.69) is 10.4 Å². The molecule has 102 valence electrons. The first kappa shape index (κ1) is 14.0. The Morgan fingerprint density at radius 1 is 1.37 bits per heavy atom. The van der Waals surface area contributed by atoms with Crippen LogP contribution in [0.5, 0.6) is 0 Å². The molecular weight excluding hydrogens is 265 g/mol. The topological polar surface area (TPSA) is 29.9 Å². The van der Waals surface area contributed by atoms with Crippen molar-refractivity contribution < 1.29 is 4.39 Å². The summed E-state index contributed by atoms with van der Waals surface area (Å²) in [6.45, 7) is 5.63. The Kier molecular flexibility index (Phi) is 3.92. The highest BCUT2D eigenvalue weighted by atomic mass is 35.5. The summed E-state index contributed by atoms with van der Waals surface area (Å²) < 4.78 is 15.8. The number of hydrogen-bond donors (Lipinski definition) is 1. The summed E-state index contributed by atoms with van der Waals surface area (Å²) in [5, 5.41) is 8.03. The number of para-hydroxylation sites is 1. The lowest BCUT2D eigenvalue weighted by molar-refractivity contribution is 0.586. The lowest BCUT2D eigenvalue weighted by Gasteiger charge is -2.17. The number of hydrogen-bond acceptors (Lipinski definition) is 2. The minimum Gasteiger partial charge on any atom is -0.313 e. The smallest absolute Gasteiger partial charge is 0.149 e. The normalized spacial score (nSPS) is 12.7. The van der Waals surface area contributed by atoms with Gasteiger partial charge in [-0.25, -0.2) is 9.07 Å². The largest absolute Gasteiger partial charge is 0.313 e. The van der Waals surface area contributed by atoms with E-state index in [4.69, 9.17) is 11.6 Å². The zero-order chi connectivity index (χ0) is 14.2. The molecule has 0 spiro atoms. The van der Waals surface area contributed by atoms with E-state index in [1.807, 2.05) is 33.9 Å². The van der Waals surface area contributed by atoms with Crippen LogP contribution in [0.4, 0.5) is 4.39 Å². The first-order valence-corrected chi connectivity index (χ1v) is 6.53. The van der Waals surface area contributed by atoms with Gasteiger partial charge >= 0.3 is 0 Å². The third-order valence-electron chi connectivity index (χ3n) is 3.33. The second-order valence-electron chi connectivity index (χ2n) is 4.58. The van der Waals surface area contributed by atoms with Crippen LogP contribution < -0.4 is 5.32 Å². The molecule has 1 aromatic heterocycles. The molecule has 1 heterocycles. The van der Waals surface area contributed by atoms with Crippen molar-refractivity contribution in [3.63, 3.8) is 0 Å². The number of halogens is 2. The summed E-state index contributed by atoms with van der Waals surface area (Å²) in [6, 6.07) is 5.05. The van der Waals surface area contributed by atoms with Gasteiger partial charge in [-0.3, -0.25) is 0 Å². The Hall–Kier alpha value is -1.39. The Morgan fingerprint density at radius 3 is 2.58 bits per heavy atom. The Balaban J connectivity index is 2.70. The first-order chi connectivity index (χ1) is 8.97. The zero-order valence-electron chi connectivity index (χ0n) is 11.5. The van der Waals surface area contributed by atoms with Crippen molar-refractivity contribution in [1.82, 2.24) is 15.1 Å². The minimum absolute atomic E-state index is 0.0216. The van der Waals surface area contributed by atoms with Crippen LogP contribution >= 0.6 is 11.6 Å². The molecular formula is C14H17ClFN3. The second-order valence-corrected chi connectivity index (χ2v) is 4.96. The lowest BCUT2D eigenvalue weighted by atomic mass is 10.1. The van der Waals surface area contributed by atoms with Crippen molar-refractivity contribution in [2.24, 2.45) is 0 Å². The summed E-state index contributed by atoms with van der Waals surface area (Å²) in [5.41, 5.74) is 2.75. The van der Waals surface area contributed by atoms with Crippen molar-refractivity contribution in [2.45, 2.75) is 26.8 Å². The lowest BCUT2D eigenvalue weighted by Crippen LogP contribution is -2.17. The van der Waals surface area contributed by atoms with E-state index in [0.717, 1.165) is 11.3 Å². The molecule has 1 atom stereocenters. The second kappa shape index (κ2) is 5.31. The summed E-state index contributed by atoms with van der Waals surface area (Å²) in [6.07, 6.45) is 0. The zero-order valence-corrected chi connectivity index (χ0v) is 12.2. The van der Waals surface area contributed by atoms with Crippen LogP contribution in [-0.4, -0.2) is 16.8 Å². The van der Waals surface area contributed by atoms with Gasteiger partial charge in [-0.1, -0.05) is 23.7 Å². The van der Waals surface area contributed by atoms with Gasteiger partial charge in [0.25, 0.3) is 0 Å². The molecule has 0 amide bonds. The van der Waals surface area contributed by atoms with Gasteiger partial charge < -0.3 is 5.32 Å². The quantitative estimate of drug-likeness (QED) is 0.932. The Morgan fingerprint density at radius 2 is 2.05 bits per heavy atom. The fourth-order valence-electron chi connectivity index (χ4n) is 2.10. The molecule has 0 aliphatic heterocycles. The molecule has 0 fully saturated rings. The molecule has 0 saturated carbocycles. The van der Waals surface area contributed by atoms with Gasteiger partial charge in [-0.15, -0.1) is 0 Å². The van der Waals surface area contributed by atoms with Crippen molar-refractivity contribution in [3.05, 3.63) is 46.0 Å². The first-order valence-electron chi connectivity index (χ1n) is 6.15. The van der Waals surface area contributed by atoms with Crippen molar-refractivity contribution in [2.75, 3.05) is 7.05 Å². The summed E-state index contributed by atoms with van der Waals surface area (Å²) in [4.78, 5) is 0. The van der Waals surface area contributed by atoms with E-state index in [-0.39, 0.29) is 11.9 Å². The maximum absolute atomic E-state index is 14.2. The highest BCUT2D eigenvalue weighted by molar-refractivity contribution is 6.31. The van der Waals surface area contributed by atoms with Gasteiger partial charge in [0.05, 0.1) is 16.4 Å². The molecule has 0 bridgehead atoms. The van der Waals surface area contributed by atoms with Crippen LogP contribution in [0.25, 0.3) is 5.69 Å². The molecule has 0 aliphatic rings. The van der Waals surface area contributed by atoms with Gasteiger partial charge in [0.1, 0.15) is 11.5 Å². The van der Waals surface area contributed by atoms with Crippen LogP contribution in [0, 0.1) is 19.7 Å². The number of nitrogens with one attached hydrogen (secondary N) is 1. The summed E-state index contributed by atoms with van der Waals surface area (Å²) in [5.74, 6) is -0.304. The van der Waals surface area contributed by atoms with E-state index in [9.17, 15) is 4.39 Å². The molecule has 2 rings (SSSR count). The number of benzene rings is 1. The van der Waals surface area contributed by atoms with Crippen molar-refractivity contribution in [3.8, 4) is 5.69 Å². The maximum Gasteiger partial charge on any atom is 0.149 e. The van der Waals surface area contributed by atoms with E-state index < -0.39 is 0 Å². The van der Waals surface area contributed by atoms with Crippen molar-refractivity contribution >= 4 is 11.6 Å². The van der Waals surface area contributed by atoms with Gasteiger partial charge in [0.2, 0.25) is 0 Å². The number of nitrogens with zero attached hydrogens (tertiary/aromatic N) is 2. The van der Waals surface area contributed by atoms with E-state index in [1.54, 1.807) is 10.7 Å². The Bertz CT molecular complexity index is 607. The third kappa shape index (κ3) is 2.38. The molecule has 0 aliphatic carbocycles. The van der Waals surface area contributed by atoms with E-state index in [1.165, 1.54) is 6.07 Å².